The fraction of sp³-hybridized carbons (Fsp3) is 0.167. The van der Waals surface area contributed by atoms with E-state index in [0.717, 1.165) is 0 Å². The molecule has 16 heavy (non-hydrogen) atoms. The number of esters is 1. The Kier molecular flexibility index (Phi) is 4.10. The fourth-order valence-electron chi connectivity index (χ4n) is 1.17. The molecule has 0 fully saturated rings. The number of carbonyl (C=O) groups is 1. The highest BCUT2D eigenvalue weighted by Crippen LogP contribution is 2.18. The number of hydrogen-bond acceptors (Lipinski definition) is 4. The lowest BCUT2D eigenvalue weighted by Crippen LogP contribution is -1.95. The highest BCUT2D eigenvalue weighted by Gasteiger charge is 2.06. The largest absolute Gasteiger partial charge is 0.496 e. The maximum Gasteiger partial charge on any atom is 0.308 e. The van der Waals surface area contributed by atoms with Gasteiger partial charge in [0, 0.05) is 18.6 Å². The third kappa shape index (κ3) is 3.14. The summed E-state index contributed by atoms with van der Waals surface area (Å²) in [6.07, 6.45) is 7.86. The van der Waals surface area contributed by atoms with Crippen LogP contribution in [0.1, 0.15) is 6.92 Å². The summed E-state index contributed by atoms with van der Waals surface area (Å²) in [6, 6.07) is 1.92. The van der Waals surface area contributed by atoms with Crippen LogP contribution in [0.25, 0.3) is 0 Å². The monoisotopic (exact) mass is 217 g/mol. The van der Waals surface area contributed by atoms with Crippen molar-refractivity contribution in [1.82, 2.24) is 0 Å². The van der Waals surface area contributed by atoms with Crippen molar-refractivity contribution in [3.63, 3.8) is 0 Å². The first-order valence-electron chi connectivity index (χ1n) is 4.60. The van der Waals surface area contributed by atoms with Gasteiger partial charge in [-0.05, 0) is 24.3 Å². The third-order valence-electron chi connectivity index (χ3n) is 1.81. The first-order chi connectivity index (χ1) is 7.67. The molecule has 4 heteroatoms. The first kappa shape index (κ1) is 11.8. The van der Waals surface area contributed by atoms with Gasteiger partial charge in [0.15, 0.2) is 0 Å². The molecule has 0 aromatic carbocycles. The second-order valence-electron chi connectivity index (χ2n) is 2.96. The molecule has 0 aliphatic heterocycles. The molecular formula is C12H11NO3. The van der Waals surface area contributed by atoms with Crippen LogP contribution in [0.5, 0.6) is 0 Å². The lowest BCUT2D eigenvalue weighted by molar-refractivity contribution is -0.136. The van der Waals surface area contributed by atoms with Gasteiger partial charge in [-0.2, -0.15) is 5.26 Å². The third-order valence-corrected chi connectivity index (χ3v) is 1.81. The second-order valence-corrected chi connectivity index (χ2v) is 2.96. The number of allylic oxidation sites excluding steroid dienone is 5. The Hall–Kier alpha value is -2.28. The average molecular weight is 217 g/mol. The summed E-state index contributed by atoms with van der Waals surface area (Å²) in [5.74, 6) is 0.555. The van der Waals surface area contributed by atoms with Crippen molar-refractivity contribution in [2.75, 3.05) is 7.11 Å². The van der Waals surface area contributed by atoms with Gasteiger partial charge in [0.2, 0.25) is 0 Å². The number of hydrogen-bond donors (Lipinski definition) is 0. The van der Waals surface area contributed by atoms with Gasteiger partial charge < -0.3 is 9.47 Å². The molecule has 0 aromatic heterocycles. The average Bonchev–Trinajstić information content (AvgIpc) is 2.41. The Morgan fingerprint density at radius 2 is 2.19 bits per heavy atom. The Morgan fingerprint density at radius 3 is 2.75 bits per heavy atom. The predicted molar refractivity (Wildman–Crippen MR) is 57.8 cm³/mol. The van der Waals surface area contributed by atoms with Crippen molar-refractivity contribution in [2.24, 2.45) is 0 Å². The van der Waals surface area contributed by atoms with Crippen molar-refractivity contribution < 1.29 is 14.3 Å². The fourth-order valence-corrected chi connectivity index (χ4v) is 1.17. The van der Waals surface area contributed by atoms with Gasteiger partial charge in [-0.25, -0.2) is 0 Å². The van der Waals surface area contributed by atoms with E-state index in [-0.39, 0.29) is 0 Å². The molecule has 0 unspecified atom stereocenters. The van der Waals surface area contributed by atoms with Crippen LogP contribution in [-0.2, 0) is 14.3 Å². The van der Waals surface area contributed by atoms with Crippen molar-refractivity contribution in [1.29, 1.82) is 5.26 Å². The molecular weight excluding hydrogens is 206 g/mol. The van der Waals surface area contributed by atoms with Crippen LogP contribution >= 0.6 is 0 Å². The molecule has 1 rings (SSSR count). The van der Waals surface area contributed by atoms with Crippen LogP contribution in [0.15, 0.2) is 47.5 Å². The molecule has 0 saturated carbocycles. The van der Waals surface area contributed by atoms with E-state index < -0.39 is 5.97 Å². The quantitative estimate of drug-likeness (QED) is 0.524. The number of ether oxygens (including phenoxy) is 2. The Labute approximate surface area is 93.8 Å². The zero-order valence-electron chi connectivity index (χ0n) is 9.06. The first-order valence-corrected chi connectivity index (χ1v) is 4.60. The lowest BCUT2D eigenvalue weighted by atomic mass is 10.2. The van der Waals surface area contributed by atoms with Crippen LogP contribution in [-0.4, -0.2) is 13.1 Å². The van der Waals surface area contributed by atoms with E-state index in [4.69, 9.17) is 14.7 Å². The van der Waals surface area contributed by atoms with E-state index in [0.29, 0.717) is 17.1 Å². The summed E-state index contributed by atoms with van der Waals surface area (Å²) >= 11 is 0. The topological polar surface area (TPSA) is 59.3 Å². The van der Waals surface area contributed by atoms with E-state index >= 15 is 0 Å². The Balaban J connectivity index is 3.01. The Morgan fingerprint density at radius 1 is 1.44 bits per heavy atom. The maximum atomic E-state index is 10.8. The molecule has 0 atom stereocenters. The molecule has 0 N–H and O–H groups in total. The van der Waals surface area contributed by atoms with Crippen LogP contribution in [0.2, 0.25) is 0 Å². The number of methoxy groups -OCH3 is 1. The SMILES string of the molecule is COC1=CC=C(OC(C)=O)C=C/C1=C\C#N. The lowest BCUT2D eigenvalue weighted by Gasteiger charge is -2.02. The van der Waals surface area contributed by atoms with Gasteiger partial charge >= 0.3 is 5.97 Å². The van der Waals surface area contributed by atoms with Crippen LogP contribution in [0, 0.1) is 11.3 Å². The standard InChI is InChI=1S/C12H11NO3/c1-9(14)16-11-4-3-10(7-8-13)12(15-2)6-5-11/h3-7H,1-2H3/b10-7+. The smallest absolute Gasteiger partial charge is 0.308 e. The number of carbonyl (C=O) groups excluding carboxylic acids is 1. The molecule has 0 radical (unpaired) electrons. The van der Waals surface area contributed by atoms with Crippen LogP contribution in [0.3, 0.4) is 0 Å². The number of rotatable bonds is 2. The van der Waals surface area contributed by atoms with Gasteiger partial charge in [-0.15, -0.1) is 0 Å². The minimum atomic E-state index is -0.393. The summed E-state index contributed by atoms with van der Waals surface area (Å²) < 4.78 is 10.0. The number of nitriles is 1. The summed E-state index contributed by atoms with van der Waals surface area (Å²) in [5, 5.41) is 8.59. The molecule has 82 valence electrons. The zero-order chi connectivity index (χ0) is 12.0. The van der Waals surface area contributed by atoms with Crippen molar-refractivity contribution in [2.45, 2.75) is 6.92 Å². The van der Waals surface area contributed by atoms with Crippen LogP contribution in [0.4, 0.5) is 0 Å². The molecule has 4 nitrogen and oxygen atoms in total. The highest BCUT2D eigenvalue weighted by atomic mass is 16.5. The van der Waals surface area contributed by atoms with E-state index in [1.807, 2.05) is 6.07 Å². The molecule has 1 aliphatic rings. The van der Waals surface area contributed by atoms with Gasteiger partial charge in [-0.1, -0.05) is 0 Å². The minimum absolute atomic E-state index is 0.393. The minimum Gasteiger partial charge on any atom is -0.496 e. The van der Waals surface area contributed by atoms with Gasteiger partial charge in [0.1, 0.15) is 11.5 Å². The molecule has 0 spiro atoms. The van der Waals surface area contributed by atoms with Gasteiger partial charge in [0.05, 0.1) is 13.2 Å². The van der Waals surface area contributed by atoms with Crippen molar-refractivity contribution in [3.8, 4) is 6.07 Å². The van der Waals surface area contributed by atoms with Gasteiger partial charge in [-0.3, -0.25) is 4.79 Å². The van der Waals surface area contributed by atoms with Crippen molar-refractivity contribution >= 4 is 5.97 Å². The summed E-state index contributed by atoms with van der Waals surface area (Å²) in [4.78, 5) is 10.8. The second kappa shape index (κ2) is 5.56. The maximum absolute atomic E-state index is 10.8. The summed E-state index contributed by atoms with van der Waals surface area (Å²) in [6.45, 7) is 1.33. The molecule has 0 bridgehead atoms. The molecule has 0 aromatic rings. The van der Waals surface area contributed by atoms with Gasteiger partial charge in [0.25, 0.3) is 0 Å². The van der Waals surface area contributed by atoms with E-state index in [2.05, 4.69) is 0 Å². The molecule has 0 saturated heterocycles. The molecule has 0 heterocycles. The predicted octanol–water partition coefficient (Wildman–Crippen LogP) is 1.98. The zero-order valence-corrected chi connectivity index (χ0v) is 9.06. The molecule has 1 aliphatic carbocycles. The normalized spacial score (nSPS) is 16.9. The van der Waals surface area contributed by atoms with Crippen molar-refractivity contribution in [3.05, 3.63) is 47.5 Å². The molecule has 0 amide bonds. The Bertz CT molecular complexity index is 447. The number of nitrogens with zero attached hydrogens (tertiary/aromatic N) is 1. The van der Waals surface area contributed by atoms with E-state index in [1.165, 1.54) is 20.1 Å². The van der Waals surface area contributed by atoms with E-state index in [1.54, 1.807) is 24.3 Å². The van der Waals surface area contributed by atoms with E-state index in [9.17, 15) is 4.79 Å². The van der Waals surface area contributed by atoms with Crippen LogP contribution < -0.4 is 0 Å². The highest BCUT2D eigenvalue weighted by molar-refractivity contribution is 5.68. The summed E-state index contributed by atoms with van der Waals surface area (Å²) in [7, 11) is 1.51. The summed E-state index contributed by atoms with van der Waals surface area (Å²) in [5.41, 5.74) is 0.628.